The van der Waals surface area contributed by atoms with Gasteiger partial charge < -0.3 is 15.5 Å². The number of carbonyl (C=O) groups is 2. The number of nitrogens with two attached hydrogens (primary N) is 1. The lowest BCUT2D eigenvalue weighted by molar-refractivity contribution is -0.144. The highest BCUT2D eigenvalue weighted by molar-refractivity contribution is 5.88. The van der Waals surface area contributed by atoms with Crippen LogP contribution in [-0.4, -0.2) is 47.4 Å². The molecule has 2 saturated heterocycles. The van der Waals surface area contributed by atoms with Crippen LogP contribution >= 0.6 is 0 Å². The molecule has 124 valence electrons. The Labute approximate surface area is 137 Å². The molecule has 2 aliphatic heterocycles. The molecular formula is C18H25N3O2. The molecule has 0 aromatic heterocycles. The van der Waals surface area contributed by atoms with Crippen LogP contribution in [0, 0.1) is 5.92 Å². The maximum atomic E-state index is 12.8. The number of hydrogen-bond acceptors (Lipinski definition) is 2. The van der Waals surface area contributed by atoms with E-state index in [-0.39, 0.29) is 17.4 Å². The summed E-state index contributed by atoms with van der Waals surface area (Å²) in [6, 6.07) is 9.56. The first-order valence-electron chi connectivity index (χ1n) is 8.36. The highest BCUT2D eigenvalue weighted by Crippen LogP contribution is 2.41. The molecule has 23 heavy (non-hydrogen) atoms. The summed E-state index contributed by atoms with van der Waals surface area (Å²) >= 11 is 0. The Morgan fingerprint density at radius 2 is 1.87 bits per heavy atom. The van der Waals surface area contributed by atoms with E-state index in [1.807, 2.05) is 11.0 Å². The number of benzene rings is 1. The Hall–Kier alpha value is -2.04. The summed E-state index contributed by atoms with van der Waals surface area (Å²) in [6.45, 7) is 6.45. The maximum absolute atomic E-state index is 12.8. The van der Waals surface area contributed by atoms with E-state index in [9.17, 15) is 9.59 Å². The topological polar surface area (TPSA) is 66.6 Å². The van der Waals surface area contributed by atoms with Crippen LogP contribution in [-0.2, 0) is 10.2 Å². The number of hydrogen-bond donors (Lipinski definition) is 1. The number of rotatable bonds is 3. The van der Waals surface area contributed by atoms with E-state index < -0.39 is 6.03 Å². The summed E-state index contributed by atoms with van der Waals surface area (Å²) in [5.41, 5.74) is 6.70. The van der Waals surface area contributed by atoms with Gasteiger partial charge in [-0.15, -0.1) is 0 Å². The van der Waals surface area contributed by atoms with Crippen LogP contribution in [0.1, 0.15) is 32.3 Å². The van der Waals surface area contributed by atoms with E-state index in [2.05, 4.69) is 38.1 Å². The fourth-order valence-electron chi connectivity index (χ4n) is 3.94. The predicted octanol–water partition coefficient (Wildman–Crippen LogP) is 1.97. The van der Waals surface area contributed by atoms with Gasteiger partial charge in [0.2, 0.25) is 5.91 Å². The number of carbonyl (C=O) groups excluding carboxylic acids is 2. The number of amides is 3. The van der Waals surface area contributed by atoms with Crippen LogP contribution < -0.4 is 5.73 Å². The van der Waals surface area contributed by atoms with Crippen molar-refractivity contribution in [3.05, 3.63) is 35.9 Å². The van der Waals surface area contributed by atoms with E-state index in [0.717, 1.165) is 25.9 Å². The quantitative estimate of drug-likeness (QED) is 0.926. The number of urea groups is 1. The lowest BCUT2D eigenvalue weighted by Gasteiger charge is -2.54. The van der Waals surface area contributed by atoms with E-state index in [4.69, 9.17) is 5.73 Å². The van der Waals surface area contributed by atoms with Gasteiger partial charge in [0.25, 0.3) is 0 Å². The lowest BCUT2D eigenvalue weighted by Crippen LogP contribution is -2.66. The molecule has 0 aliphatic carbocycles. The van der Waals surface area contributed by atoms with E-state index in [0.29, 0.717) is 12.5 Å². The molecular weight excluding hydrogens is 290 g/mol. The van der Waals surface area contributed by atoms with Crippen molar-refractivity contribution in [2.24, 2.45) is 11.7 Å². The number of nitrogens with zero attached hydrogens (tertiary/aromatic N) is 2. The average Bonchev–Trinajstić information content (AvgIpc) is 2.96. The second-order valence-electron chi connectivity index (χ2n) is 7.06. The Balaban J connectivity index is 1.74. The molecule has 1 aromatic carbocycles. The van der Waals surface area contributed by atoms with Crippen LogP contribution in [0.3, 0.4) is 0 Å². The highest BCUT2D eigenvalue weighted by atomic mass is 16.2. The lowest BCUT2D eigenvalue weighted by atomic mass is 9.66. The van der Waals surface area contributed by atoms with Gasteiger partial charge in [-0.05, 0) is 24.3 Å². The third kappa shape index (κ3) is 2.58. The Morgan fingerprint density at radius 1 is 1.22 bits per heavy atom. The fraction of sp³-hybridized carbons (Fsp3) is 0.556. The summed E-state index contributed by atoms with van der Waals surface area (Å²) in [6.07, 6.45) is 1.57. The third-order valence-electron chi connectivity index (χ3n) is 5.53. The molecule has 5 heteroatoms. The zero-order valence-corrected chi connectivity index (χ0v) is 13.9. The summed E-state index contributed by atoms with van der Waals surface area (Å²) in [7, 11) is 0. The molecule has 0 unspecified atom stereocenters. The first kappa shape index (κ1) is 15.8. The zero-order chi connectivity index (χ0) is 16.6. The normalized spacial score (nSPS) is 23.0. The largest absolute Gasteiger partial charge is 0.351 e. The second-order valence-corrected chi connectivity index (χ2v) is 7.06. The molecule has 0 bridgehead atoms. The molecule has 2 aliphatic rings. The first-order chi connectivity index (χ1) is 11.0. The van der Waals surface area contributed by atoms with Gasteiger partial charge in [-0.1, -0.05) is 44.2 Å². The summed E-state index contributed by atoms with van der Waals surface area (Å²) in [5.74, 6) is 0.498. The molecule has 2 N–H and O–H groups in total. The minimum absolute atomic E-state index is 0.0209. The van der Waals surface area contributed by atoms with Gasteiger partial charge in [0.15, 0.2) is 0 Å². The molecule has 1 aromatic rings. The van der Waals surface area contributed by atoms with Crippen molar-refractivity contribution in [3.8, 4) is 0 Å². The van der Waals surface area contributed by atoms with Crippen molar-refractivity contribution < 1.29 is 9.59 Å². The second kappa shape index (κ2) is 5.87. The highest BCUT2D eigenvalue weighted by Gasteiger charge is 2.50. The van der Waals surface area contributed by atoms with Crippen molar-refractivity contribution >= 4 is 11.9 Å². The monoisotopic (exact) mass is 315 g/mol. The Bertz CT molecular complexity index is 594. The molecule has 3 rings (SSSR count). The van der Waals surface area contributed by atoms with E-state index in [1.54, 1.807) is 0 Å². The van der Waals surface area contributed by atoms with Crippen LogP contribution in [0.25, 0.3) is 0 Å². The maximum Gasteiger partial charge on any atom is 0.315 e. The van der Waals surface area contributed by atoms with Gasteiger partial charge in [0.1, 0.15) is 6.04 Å². The van der Waals surface area contributed by atoms with Gasteiger partial charge in [0, 0.05) is 25.0 Å². The average molecular weight is 315 g/mol. The molecule has 5 nitrogen and oxygen atoms in total. The minimum Gasteiger partial charge on any atom is -0.351 e. The Kier molecular flexibility index (Phi) is 4.04. The van der Waals surface area contributed by atoms with Crippen molar-refractivity contribution in [1.29, 1.82) is 0 Å². The van der Waals surface area contributed by atoms with Crippen LogP contribution in [0.15, 0.2) is 30.3 Å². The minimum atomic E-state index is -0.487. The fourth-order valence-corrected chi connectivity index (χ4v) is 3.94. The number of primary amides is 1. The molecule has 0 spiro atoms. The molecule has 1 atom stereocenters. The summed E-state index contributed by atoms with van der Waals surface area (Å²) in [4.78, 5) is 27.6. The third-order valence-corrected chi connectivity index (χ3v) is 5.53. The standard InChI is InChI=1S/C18H25N3O2/c1-13(2)18(14-7-4-3-5-8-14)11-20(12-18)16(22)15-9-6-10-21(15)17(19)23/h3-5,7-8,13,15H,6,9-12H2,1-2H3,(H2,19,23)/t15-/m0/s1. The van der Waals surface area contributed by atoms with Gasteiger partial charge in [0.05, 0.1) is 0 Å². The van der Waals surface area contributed by atoms with E-state index in [1.165, 1.54) is 10.5 Å². The van der Waals surface area contributed by atoms with E-state index >= 15 is 0 Å². The van der Waals surface area contributed by atoms with Crippen molar-refractivity contribution in [2.45, 2.75) is 38.1 Å². The van der Waals surface area contributed by atoms with Crippen molar-refractivity contribution in [3.63, 3.8) is 0 Å². The Morgan fingerprint density at radius 3 is 2.43 bits per heavy atom. The van der Waals surface area contributed by atoms with Gasteiger partial charge in [-0.2, -0.15) is 0 Å². The van der Waals surface area contributed by atoms with Crippen LogP contribution in [0.4, 0.5) is 4.79 Å². The molecule has 0 radical (unpaired) electrons. The van der Waals surface area contributed by atoms with Crippen LogP contribution in [0.5, 0.6) is 0 Å². The van der Waals surface area contributed by atoms with Gasteiger partial charge >= 0.3 is 6.03 Å². The van der Waals surface area contributed by atoms with Crippen LogP contribution in [0.2, 0.25) is 0 Å². The molecule has 2 fully saturated rings. The molecule has 0 saturated carbocycles. The zero-order valence-electron chi connectivity index (χ0n) is 13.9. The summed E-state index contributed by atoms with van der Waals surface area (Å²) < 4.78 is 0. The number of likely N-dealkylation sites (tertiary alicyclic amines) is 2. The molecule has 3 amide bonds. The van der Waals surface area contributed by atoms with Gasteiger partial charge in [-0.3, -0.25) is 4.79 Å². The van der Waals surface area contributed by atoms with Crippen molar-refractivity contribution in [2.75, 3.05) is 19.6 Å². The first-order valence-corrected chi connectivity index (χ1v) is 8.36. The summed E-state index contributed by atoms with van der Waals surface area (Å²) in [5, 5.41) is 0. The SMILES string of the molecule is CC(C)C1(c2ccccc2)CN(C(=O)[C@@H]2CCCN2C(N)=O)C1. The molecule has 2 heterocycles. The predicted molar refractivity (Wildman–Crippen MR) is 88.8 cm³/mol. The van der Waals surface area contributed by atoms with Gasteiger partial charge in [-0.25, -0.2) is 4.79 Å². The smallest absolute Gasteiger partial charge is 0.315 e. The van der Waals surface area contributed by atoms with Crippen molar-refractivity contribution in [1.82, 2.24) is 9.80 Å².